The van der Waals surface area contributed by atoms with Gasteiger partial charge in [0.1, 0.15) is 5.82 Å². The second-order valence-corrected chi connectivity index (χ2v) is 7.38. The lowest BCUT2D eigenvalue weighted by Gasteiger charge is -2.13. The number of amides is 1. The van der Waals surface area contributed by atoms with Crippen LogP contribution >= 0.6 is 0 Å². The molecule has 168 valence electrons. The van der Waals surface area contributed by atoms with Crippen LogP contribution in [0, 0.1) is 6.92 Å². The first-order valence-electron chi connectivity index (χ1n) is 10.5. The number of aryl methyl sites for hydroxylation is 1. The van der Waals surface area contributed by atoms with E-state index in [1.807, 2.05) is 61.5 Å². The standard InChI is InChI=1S/C25H25N5O3/c1-16-8-11-24(30-29-16)26-12-13-27-25(31)19-15-21(28-20-7-5-4-6-18(19)20)17-9-10-22(32-2)23(14-17)33-3/h4-11,14-15H,12-13H2,1-3H3,(H,26,30)(H,27,31). The molecule has 8 heteroatoms. The number of nitrogens with one attached hydrogen (secondary N) is 2. The van der Waals surface area contributed by atoms with Crippen LogP contribution < -0.4 is 20.1 Å². The van der Waals surface area contributed by atoms with Gasteiger partial charge in [0.05, 0.1) is 36.7 Å². The lowest BCUT2D eigenvalue weighted by atomic mass is 10.0. The number of nitrogens with zero attached hydrogens (tertiary/aromatic N) is 3. The summed E-state index contributed by atoms with van der Waals surface area (Å²) in [6.45, 7) is 2.83. The van der Waals surface area contributed by atoms with Gasteiger partial charge in [-0.3, -0.25) is 4.79 Å². The molecule has 0 bridgehead atoms. The van der Waals surface area contributed by atoms with Crippen LogP contribution in [0.3, 0.4) is 0 Å². The summed E-state index contributed by atoms with van der Waals surface area (Å²) in [5.41, 5.74) is 3.65. The molecule has 2 N–H and O–H groups in total. The van der Waals surface area contributed by atoms with E-state index >= 15 is 0 Å². The predicted molar refractivity (Wildman–Crippen MR) is 128 cm³/mol. The summed E-state index contributed by atoms with van der Waals surface area (Å²) >= 11 is 0. The first-order valence-corrected chi connectivity index (χ1v) is 10.5. The number of ether oxygens (including phenoxy) is 2. The molecule has 0 atom stereocenters. The molecular formula is C25H25N5O3. The molecule has 4 aromatic rings. The zero-order valence-corrected chi connectivity index (χ0v) is 18.8. The topological polar surface area (TPSA) is 98.3 Å². The summed E-state index contributed by atoms with van der Waals surface area (Å²) in [6.07, 6.45) is 0. The number of pyridine rings is 1. The number of carbonyl (C=O) groups excluding carboxylic acids is 1. The first kappa shape index (κ1) is 22.0. The van der Waals surface area contributed by atoms with E-state index in [1.54, 1.807) is 20.3 Å². The van der Waals surface area contributed by atoms with E-state index in [4.69, 9.17) is 14.5 Å². The van der Waals surface area contributed by atoms with Crippen molar-refractivity contribution in [3.63, 3.8) is 0 Å². The van der Waals surface area contributed by atoms with E-state index in [-0.39, 0.29) is 5.91 Å². The number of methoxy groups -OCH3 is 2. The number of hydrogen-bond donors (Lipinski definition) is 2. The van der Waals surface area contributed by atoms with E-state index in [0.717, 1.165) is 22.2 Å². The van der Waals surface area contributed by atoms with E-state index in [0.29, 0.717) is 41.7 Å². The van der Waals surface area contributed by atoms with Crippen LogP contribution in [0.4, 0.5) is 5.82 Å². The third-order valence-corrected chi connectivity index (χ3v) is 5.15. The van der Waals surface area contributed by atoms with Crippen LogP contribution in [-0.2, 0) is 0 Å². The maximum atomic E-state index is 13.1. The Hall–Kier alpha value is -4.20. The van der Waals surface area contributed by atoms with E-state index < -0.39 is 0 Å². The second-order valence-electron chi connectivity index (χ2n) is 7.38. The smallest absolute Gasteiger partial charge is 0.252 e. The van der Waals surface area contributed by atoms with Gasteiger partial charge in [0.15, 0.2) is 11.5 Å². The lowest BCUT2D eigenvalue weighted by molar-refractivity contribution is 0.0957. The zero-order valence-electron chi connectivity index (χ0n) is 18.8. The highest BCUT2D eigenvalue weighted by Crippen LogP contribution is 2.33. The van der Waals surface area contributed by atoms with Gasteiger partial charge in [0.2, 0.25) is 0 Å². The summed E-state index contributed by atoms with van der Waals surface area (Å²) in [4.78, 5) is 17.8. The number of fused-ring (bicyclic) bond motifs is 1. The lowest BCUT2D eigenvalue weighted by Crippen LogP contribution is -2.29. The minimum Gasteiger partial charge on any atom is -0.493 e. The number of benzene rings is 2. The van der Waals surface area contributed by atoms with Crippen molar-refractivity contribution < 1.29 is 14.3 Å². The van der Waals surface area contributed by atoms with Crippen molar-refractivity contribution >= 4 is 22.6 Å². The van der Waals surface area contributed by atoms with Gasteiger partial charge in [-0.25, -0.2) is 4.98 Å². The minimum atomic E-state index is -0.174. The molecule has 2 aromatic carbocycles. The molecule has 1 amide bonds. The summed E-state index contributed by atoms with van der Waals surface area (Å²) in [5.74, 6) is 1.72. The Morgan fingerprint density at radius 1 is 0.909 bits per heavy atom. The fraction of sp³-hybridized carbons (Fsp3) is 0.200. The highest BCUT2D eigenvalue weighted by atomic mass is 16.5. The van der Waals surface area contributed by atoms with Gasteiger partial charge in [0, 0.05) is 24.0 Å². The SMILES string of the molecule is COc1ccc(-c2cc(C(=O)NCCNc3ccc(C)nn3)c3ccccc3n2)cc1OC. The molecule has 0 aliphatic carbocycles. The molecule has 0 aliphatic rings. The summed E-state index contributed by atoms with van der Waals surface area (Å²) in [6, 6.07) is 18.7. The maximum absolute atomic E-state index is 13.1. The Bertz CT molecular complexity index is 1280. The van der Waals surface area contributed by atoms with Crippen LogP contribution in [0.2, 0.25) is 0 Å². The van der Waals surface area contributed by atoms with Gasteiger partial charge in [0.25, 0.3) is 5.91 Å². The van der Waals surface area contributed by atoms with Crippen molar-refractivity contribution in [2.24, 2.45) is 0 Å². The predicted octanol–water partition coefficient (Wildman–Crippen LogP) is 3.86. The maximum Gasteiger partial charge on any atom is 0.252 e. The molecule has 0 spiro atoms. The zero-order chi connectivity index (χ0) is 23.2. The fourth-order valence-corrected chi connectivity index (χ4v) is 3.46. The van der Waals surface area contributed by atoms with E-state index in [9.17, 15) is 4.79 Å². The van der Waals surface area contributed by atoms with Gasteiger partial charge in [-0.1, -0.05) is 18.2 Å². The average molecular weight is 444 g/mol. The van der Waals surface area contributed by atoms with Crippen LogP contribution in [0.25, 0.3) is 22.2 Å². The van der Waals surface area contributed by atoms with Crippen molar-refractivity contribution in [2.45, 2.75) is 6.92 Å². The molecule has 2 heterocycles. The number of para-hydroxylation sites is 1. The second kappa shape index (κ2) is 9.95. The molecule has 0 saturated carbocycles. The Morgan fingerprint density at radius 2 is 1.73 bits per heavy atom. The fourth-order valence-electron chi connectivity index (χ4n) is 3.46. The summed E-state index contributed by atoms with van der Waals surface area (Å²) in [7, 11) is 3.18. The molecule has 4 rings (SSSR count). The highest BCUT2D eigenvalue weighted by Gasteiger charge is 2.15. The average Bonchev–Trinajstić information content (AvgIpc) is 2.86. The molecular weight excluding hydrogens is 418 g/mol. The van der Waals surface area contributed by atoms with Crippen molar-refractivity contribution in [3.8, 4) is 22.8 Å². The van der Waals surface area contributed by atoms with Crippen LogP contribution in [0.15, 0.2) is 60.7 Å². The quantitative estimate of drug-likeness (QED) is 0.399. The molecule has 0 radical (unpaired) electrons. The summed E-state index contributed by atoms with van der Waals surface area (Å²) in [5, 5.41) is 15.0. The molecule has 0 aliphatic heterocycles. The number of rotatable bonds is 8. The number of anilines is 1. The first-order chi connectivity index (χ1) is 16.1. The Morgan fingerprint density at radius 3 is 2.48 bits per heavy atom. The van der Waals surface area contributed by atoms with Gasteiger partial charge in [-0.05, 0) is 49.4 Å². The van der Waals surface area contributed by atoms with E-state index in [1.165, 1.54) is 0 Å². The van der Waals surface area contributed by atoms with Crippen molar-refractivity contribution in [1.82, 2.24) is 20.5 Å². The number of hydrogen-bond acceptors (Lipinski definition) is 7. The van der Waals surface area contributed by atoms with Crippen LogP contribution in [0.5, 0.6) is 11.5 Å². The highest BCUT2D eigenvalue weighted by molar-refractivity contribution is 6.07. The molecule has 0 fully saturated rings. The van der Waals surface area contributed by atoms with Gasteiger partial charge < -0.3 is 20.1 Å². The van der Waals surface area contributed by atoms with Crippen molar-refractivity contribution in [2.75, 3.05) is 32.6 Å². The monoisotopic (exact) mass is 443 g/mol. The number of carbonyl (C=O) groups is 1. The third-order valence-electron chi connectivity index (χ3n) is 5.15. The molecule has 33 heavy (non-hydrogen) atoms. The minimum absolute atomic E-state index is 0.174. The number of aromatic nitrogens is 3. The Kier molecular flexibility index (Phi) is 6.64. The van der Waals surface area contributed by atoms with Crippen LogP contribution in [-0.4, -0.2) is 48.4 Å². The Balaban J connectivity index is 1.56. The Labute approximate surface area is 192 Å². The van der Waals surface area contributed by atoms with Gasteiger partial charge >= 0.3 is 0 Å². The molecule has 2 aromatic heterocycles. The van der Waals surface area contributed by atoms with Gasteiger partial charge in [-0.2, -0.15) is 5.10 Å². The van der Waals surface area contributed by atoms with E-state index in [2.05, 4.69) is 20.8 Å². The molecule has 0 saturated heterocycles. The normalized spacial score (nSPS) is 10.6. The van der Waals surface area contributed by atoms with Crippen molar-refractivity contribution in [1.29, 1.82) is 0 Å². The van der Waals surface area contributed by atoms with Crippen LogP contribution in [0.1, 0.15) is 16.1 Å². The molecule has 0 unspecified atom stereocenters. The van der Waals surface area contributed by atoms with Crippen molar-refractivity contribution in [3.05, 3.63) is 71.9 Å². The molecule has 8 nitrogen and oxygen atoms in total. The van der Waals surface area contributed by atoms with Gasteiger partial charge in [-0.15, -0.1) is 5.10 Å². The largest absolute Gasteiger partial charge is 0.493 e. The third kappa shape index (κ3) is 5.01. The summed E-state index contributed by atoms with van der Waals surface area (Å²) < 4.78 is 10.8.